The second kappa shape index (κ2) is 7.96. The summed E-state index contributed by atoms with van der Waals surface area (Å²) in [6.45, 7) is 3.76. The van der Waals surface area contributed by atoms with Crippen molar-refractivity contribution in [1.82, 2.24) is 14.9 Å². The van der Waals surface area contributed by atoms with Gasteiger partial charge in [0.15, 0.2) is 0 Å². The molecule has 1 aliphatic rings. The van der Waals surface area contributed by atoms with Gasteiger partial charge in [-0.3, -0.25) is 4.79 Å². The van der Waals surface area contributed by atoms with E-state index in [1.165, 1.54) is 5.56 Å². The third-order valence-electron chi connectivity index (χ3n) is 4.59. The van der Waals surface area contributed by atoms with E-state index in [0.29, 0.717) is 17.2 Å². The van der Waals surface area contributed by atoms with E-state index in [2.05, 4.69) is 16.9 Å². The lowest BCUT2D eigenvalue weighted by Gasteiger charge is -2.14. The van der Waals surface area contributed by atoms with Gasteiger partial charge in [0.1, 0.15) is 6.26 Å². The molecule has 0 atom stereocenters. The van der Waals surface area contributed by atoms with Crippen LogP contribution < -0.4 is 0 Å². The average Bonchev–Trinajstić information content (AvgIpc) is 3.39. The zero-order valence-electron chi connectivity index (χ0n) is 15.2. The molecule has 1 fully saturated rings. The maximum atomic E-state index is 12.4. The number of thioether (sulfide) groups is 1. The highest BCUT2D eigenvalue weighted by Gasteiger charge is 2.19. The fourth-order valence-electron chi connectivity index (χ4n) is 3.04. The maximum Gasteiger partial charge on any atom is 0.255 e. The maximum absolute atomic E-state index is 12.4. The molecule has 0 N–H and O–H groups in total. The van der Waals surface area contributed by atoms with E-state index in [4.69, 9.17) is 4.42 Å². The number of nitrogens with zero attached hydrogens (tertiary/aromatic N) is 3. The molecule has 27 heavy (non-hydrogen) atoms. The lowest BCUT2D eigenvalue weighted by Crippen LogP contribution is -2.27. The van der Waals surface area contributed by atoms with Crippen LogP contribution in [0.15, 0.2) is 58.3 Å². The molecule has 3 heterocycles. The zero-order valence-corrected chi connectivity index (χ0v) is 16.0. The van der Waals surface area contributed by atoms with Crippen LogP contribution in [0.2, 0.25) is 0 Å². The largest absolute Gasteiger partial charge is 0.444 e. The van der Waals surface area contributed by atoms with Crippen molar-refractivity contribution in [2.45, 2.75) is 30.5 Å². The van der Waals surface area contributed by atoms with Gasteiger partial charge in [-0.1, -0.05) is 29.5 Å². The van der Waals surface area contributed by atoms with Crippen LogP contribution in [0.25, 0.3) is 11.5 Å². The molecule has 1 saturated heterocycles. The number of amides is 1. The summed E-state index contributed by atoms with van der Waals surface area (Å²) in [6, 6.07) is 11.9. The molecule has 4 rings (SSSR count). The molecule has 5 nitrogen and oxygen atoms in total. The van der Waals surface area contributed by atoms with Crippen molar-refractivity contribution in [3.63, 3.8) is 0 Å². The molecule has 3 aromatic rings. The van der Waals surface area contributed by atoms with Crippen LogP contribution in [0.4, 0.5) is 0 Å². The molecule has 1 aliphatic heterocycles. The second-order valence-corrected chi connectivity index (χ2v) is 7.68. The normalized spacial score (nSPS) is 13.9. The summed E-state index contributed by atoms with van der Waals surface area (Å²) in [4.78, 5) is 23.2. The lowest BCUT2D eigenvalue weighted by atomic mass is 10.1. The van der Waals surface area contributed by atoms with Crippen LogP contribution in [0.1, 0.15) is 34.5 Å². The Morgan fingerprint density at radius 3 is 2.63 bits per heavy atom. The molecule has 0 saturated carbocycles. The Balaban J connectivity index is 1.36. The zero-order chi connectivity index (χ0) is 18.6. The molecule has 0 bridgehead atoms. The van der Waals surface area contributed by atoms with Gasteiger partial charge in [-0.05, 0) is 44.0 Å². The summed E-state index contributed by atoms with van der Waals surface area (Å²) in [6.07, 6.45) is 5.54. The number of likely N-dealkylation sites (tertiary alicyclic amines) is 1. The first-order valence-corrected chi connectivity index (χ1v) is 10.1. The van der Waals surface area contributed by atoms with E-state index in [0.717, 1.165) is 42.2 Å². The summed E-state index contributed by atoms with van der Waals surface area (Å²) in [5, 5.41) is 0.868. The van der Waals surface area contributed by atoms with Crippen molar-refractivity contribution in [3.05, 3.63) is 65.7 Å². The number of oxazole rings is 1. The third-order valence-corrected chi connectivity index (χ3v) is 5.57. The highest BCUT2D eigenvalue weighted by Crippen LogP contribution is 2.24. The van der Waals surface area contributed by atoms with Gasteiger partial charge >= 0.3 is 0 Å². The van der Waals surface area contributed by atoms with Gasteiger partial charge in [-0.25, -0.2) is 9.97 Å². The van der Waals surface area contributed by atoms with Crippen molar-refractivity contribution in [1.29, 1.82) is 0 Å². The van der Waals surface area contributed by atoms with E-state index >= 15 is 0 Å². The lowest BCUT2D eigenvalue weighted by molar-refractivity contribution is 0.0792. The Bertz CT molecular complexity index is 913. The first-order chi connectivity index (χ1) is 13.2. The van der Waals surface area contributed by atoms with Crippen LogP contribution >= 0.6 is 11.8 Å². The number of benzene rings is 1. The minimum absolute atomic E-state index is 0.0794. The number of pyridine rings is 1. The summed E-state index contributed by atoms with van der Waals surface area (Å²) in [5.41, 5.74) is 3.71. The molecule has 0 unspecified atom stereocenters. The van der Waals surface area contributed by atoms with Crippen molar-refractivity contribution in [2.24, 2.45) is 0 Å². The van der Waals surface area contributed by atoms with Gasteiger partial charge in [0.05, 0.1) is 16.3 Å². The van der Waals surface area contributed by atoms with E-state index < -0.39 is 0 Å². The SMILES string of the molecule is Cc1ccc(-c2nc(CSc3ccc(C(=O)N4CCCC4)cn3)co2)cc1. The van der Waals surface area contributed by atoms with Crippen molar-refractivity contribution in [2.75, 3.05) is 13.1 Å². The number of carbonyl (C=O) groups excluding carboxylic acids is 1. The molecule has 2 aromatic heterocycles. The summed E-state index contributed by atoms with van der Waals surface area (Å²) in [7, 11) is 0. The van der Waals surface area contributed by atoms with E-state index in [1.54, 1.807) is 24.2 Å². The Morgan fingerprint density at radius 2 is 1.93 bits per heavy atom. The predicted octanol–water partition coefficient (Wildman–Crippen LogP) is 4.57. The number of hydrogen-bond donors (Lipinski definition) is 0. The van der Waals surface area contributed by atoms with Crippen LogP contribution in [-0.4, -0.2) is 33.9 Å². The van der Waals surface area contributed by atoms with Gasteiger partial charge in [0.25, 0.3) is 5.91 Å². The predicted molar refractivity (Wildman–Crippen MR) is 106 cm³/mol. The molecule has 0 aliphatic carbocycles. The molecular weight excluding hydrogens is 358 g/mol. The summed E-state index contributed by atoms with van der Waals surface area (Å²) >= 11 is 1.58. The highest BCUT2D eigenvalue weighted by molar-refractivity contribution is 7.98. The van der Waals surface area contributed by atoms with Gasteiger partial charge in [-0.2, -0.15) is 0 Å². The monoisotopic (exact) mass is 379 g/mol. The molecule has 1 aromatic carbocycles. The molecule has 1 amide bonds. The van der Waals surface area contributed by atoms with Crippen molar-refractivity contribution in [3.8, 4) is 11.5 Å². The number of aryl methyl sites for hydroxylation is 1. The topological polar surface area (TPSA) is 59.2 Å². The Kier molecular flexibility index (Phi) is 5.25. The van der Waals surface area contributed by atoms with Crippen LogP contribution in [0.5, 0.6) is 0 Å². The van der Waals surface area contributed by atoms with E-state index in [-0.39, 0.29) is 5.91 Å². The number of rotatable bonds is 5. The highest BCUT2D eigenvalue weighted by atomic mass is 32.2. The number of aromatic nitrogens is 2. The van der Waals surface area contributed by atoms with E-state index in [9.17, 15) is 4.79 Å². The average molecular weight is 379 g/mol. The van der Waals surface area contributed by atoms with Crippen molar-refractivity contribution < 1.29 is 9.21 Å². The number of carbonyl (C=O) groups is 1. The van der Waals surface area contributed by atoms with Crippen molar-refractivity contribution >= 4 is 17.7 Å². The van der Waals surface area contributed by atoms with Crippen LogP contribution in [-0.2, 0) is 5.75 Å². The first kappa shape index (κ1) is 17.8. The molecule has 0 radical (unpaired) electrons. The minimum Gasteiger partial charge on any atom is -0.444 e. The van der Waals surface area contributed by atoms with Gasteiger partial charge in [-0.15, -0.1) is 0 Å². The standard InChI is InChI=1S/C21H21N3O2S/c1-15-4-6-16(7-5-15)20-23-18(13-26-20)14-27-19-9-8-17(12-22-19)21(25)24-10-2-3-11-24/h4-9,12-13H,2-3,10-11,14H2,1H3. The molecule has 6 heteroatoms. The Morgan fingerprint density at radius 1 is 1.15 bits per heavy atom. The summed E-state index contributed by atoms with van der Waals surface area (Å²) < 4.78 is 5.59. The molecule has 0 spiro atoms. The Hall–Kier alpha value is -2.60. The molecule has 138 valence electrons. The van der Waals surface area contributed by atoms with Crippen LogP contribution in [0, 0.1) is 6.92 Å². The molecular formula is C21H21N3O2S. The fourth-order valence-corrected chi connectivity index (χ4v) is 3.76. The second-order valence-electron chi connectivity index (χ2n) is 6.68. The van der Waals surface area contributed by atoms with Gasteiger partial charge < -0.3 is 9.32 Å². The van der Waals surface area contributed by atoms with Gasteiger partial charge in [0.2, 0.25) is 5.89 Å². The number of hydrogen-bond acceptors (Lipinski definition) is 5. The summed E-state index contributed by atoms with van der Waals surface area (Å²) in [5.74, 6) is 1.38. The third kappa shape index (κ3) is 4.22. The Labute approximate surface area is 162 Å². The van der Waals surface area contributed by atoms with Crippen LogP contribution in [0.3, 0.4) is 0 Å². The van der Waals surface area contributed by atoms with Gasteiger partial charge in [0, 0.05) is 30.6 Å². The quantitative estimate of drug-likeness (QED) is 0.608. The smallest absolute Gasteiger partial charge is 0.255 e. The first-order valence-electron chi connectivity index (χ1n) is 9.08. The fraction of sp³-hybridized carbons (Fsp3) is 0.286. The van der Waals surface area contributed by atoms with E-state index in [1.807, 2.05) is 41.3 Å². The minimum atomic E-state index is 0.0794.